The quantitative estimate of drug-likeness (QED) is 0.854. The smallest absolute Gasteiger partial charge is 0.257 e. The standard InChI is InChI=1S/C17H23N5OS/c1-13-12-24-17(19-13)22-9-5-8-21(10-11-22)16(23)14-6-4-7-18-15(14)20(2)3/h4,6-7,12H,5,8-11H2,1-3H3. The fraction of sp³-hybridized carbons (Fsp3) is 0.471. The van der Waals surface area contributed by atoms with Crippen molar-refractivity contribution in [3.05, 3.63) is 35.0 Å². The van der Waals surface area contributed by atoms with E-state index >= 15 is 0 Å². The molecule has 0 spiro atoms. The molecule has 7 heteroatoms. The van der Waals surface area contributed by atoms with Crippen molar-refractivity contribution in [3.8, 4) is 0 Å². The third kappa shape index (κ3) is 3.51. The van der Waals surface area contributed by atoms with Gasteiger partial charge in [-0.05, 0) is 25.5 Å². The van der Waals surface area contributed by atoms with Gasteiger partial charge in [-0.15, -0.1) is 11.3 Å². The van der Waals surface area contributed by atoms with E-state index in [0.29, 0.717) is 12.1 Å². The van der Waals surface area contributed by atoms with Gasteiger partial charge in [0.05, 0.1) is 11.3 Å². The molecule has 3 rings (SSSR count). The molecule has 24 heavy (non-hydrogen) atoms. The number of anilines is 2. The minimum Gasteiger partial charge on any atom is -0.362 e. The van der Waals surface area contributed by atoms with E-state index in [9.17, 15) is 4.79 Å². The maximum atomic E-state index is 13.0. The van der Waals surface area contributed by atoms with Crippen molar-refractivity contribution in [2.45, 2.75) is 13.3 Å². The predicted molar refractivity (Wildman–Crippen MR) is 98.1 cm³/mol. The summed E-state index contributed by atoms with van der Waals surface area (Å²) in [4.78, 5) is 28.0. The first-order valence-corrected chi connectivity index (χ1v) is 9.03. The van der Waals surface area contributed by atoms with Crippen molar-refractivity contribution in [1.82, 2.24) is 14.9 Å². The summed E-state index contributed by atoms with van der Waals surface area (Å²) in [6, 6.07) is 3.68. The zero-order valence-electron chi connectivity index (χ0n) is 14.4. The van der Waals surface area contributed by atoms with Crippen molar-refractivity contribution in [2.24, 2.45) is 0 Å². The summed E-state index contributed by atoms with van der Waals surface area (Å²) in [5, 5.41) is 3.12. The lowest BCUT2D eigenvalue weighted by atomic mass is 10.2. The van der Waals surface area contributed by atoms with Crippen molar-refractivity contribution in [3.63, 3.8) is 0 Å². The van der Waals surface area contributed by atoms with Crippen LogP contribution in [0.15, 0.2) is 23.7 Å². The van der Waals surface area contributed by atoms with Crippen LogP contribution in [0, 0.1) is 6.92 Å². The van der Waals surface area contributed by atoms with Gasteiger partial charge in [-0.25, -0.2) is 9.97 Å². The number of pyridine rings is 1. The Labute approximate surface area is 146 Å². The number of rotatable bonds is 3. The van der Waals surface area contributed by atoms with Crippen LogP contribution in [0.4, 0.5) is 10.9 Å². The molecule has 2 aromatic rings. The molecule has 0 atom stereocenters. The Morgan fingerprint density at radius 1 is 1.25 bits per heavy atom. The second-order valence-electron chi connectivity index (χ2n) is 6.17. The molecule has 3 heterocycles. The minimum absolute atomic E-state index is 0.0592. The van der Waals surface area contributed by atoms with E-state index in [0.717, 1.165) is 42.7 Å². The second-order valence-corrected chi connectivity index (χ2v) is 7.01. The zero-order chi connectivity index (χ0) is 17.1. The summed E-state index contributed by atoms with van der Waals surface area (Å²) in [5.74, 6) is 0.781. The van der Waals surface area contributed by atoms with Crippen LogP contribution in [0.2, 0.25) is 0 Å². The largest absolute Gasteiger partial charge is 0.362 e. The Kier molecular flexibility index (Phi) is 4.99. The molecule has 2 aromatic heterocycles. The zero-order valence-corrected chi connectivity index (χ0v) is 15.2. The van der Waals surface area contributed by atoms with Crippen LogP contribution in [-0.2, 0) is 0 Å². The van der Waals surface area contributed by atoms with Crippen LogP contribution < -0.4 is 9.80 Å². The van der Waals surface area contributed by atoms with Crippen molar-refractivity contribution < 1.29 is 4.79 Å². The molecule has 0 saturated carbocycles. The predicted octanol–water partition coefficient (Wildman–Crippen LogP) is 2.27. The summed E-state index contributed by atoms with van der Waals surface area (Å²) >= 11 is 1.67. The number of amides is 1. The second kappa shape index (κ2) is 7.17. The molecule has 0 aromatic carbocycles. The highest BCUT2D eigenvalue weighted by Crippen LogP contribution is 2.23. The van der Waals surface area contributed by atoms with Gasteiger partial charge < -0.3 is 14.7 Å². The average Bonchev–Trinajstić information content (AvgIpc) is 2.86. The number of aromatic nitrogens is 2. The van der Waals surface area contributed by atoms with Crippen molar-refractivity contribution in [2.75, 3.05) is 50.1 Å². The van der Waals surface area contributed by atoms with E-state index in [-0.39, 0.29) is 5.91 Å². The number of nitrogens with zero attached hydrogens (tertiary/aromatic N) is 5. The lowest BCUT2D eigenvalue weighted by Crippen LogP contribution is -2.36. The molecule has 1 amide bonds. The van der Waals surface area contributed by atoms with Crippen LogP contribution in [0.3, 0.4) is 0 Å². The molecule has 0 aliphatic carbocycles. The summed E-state index contributed by atoms with van der Waals surface area (Å²) < 4.78 is 0. The summed E-state index contributed by atoms with van der Waals surface area (Å²) in [6.07, 6.45) is 2.67. The van der Waals surface area contributed by atoms with Gasteiger partial charge in [-0.1, -0.05) is 0 Å². The van der Waals surface area contributed by atoms with E-state index in [1.54, 1.807) is 17.5 Å². The van der Waals surface area contributed by atoms with Crippen molar-refractivity contribution in [1.29, 1.82) is 0 Å². The lowest BCUT2D eigenvalue weighted by Gasteiger charge is -2.23. The first kappa shape index (κ1) is 16.7. The fourth-order valence-electron chi connectivity index (χ4n) is 2.89. The van der Waals surface area contributed by atoms with Gasteiger partial charge in [0.15, 0.2) is 5.13 Å². The maximum absolute atomic E-state index is 13.0. The highest BCUT2D eigenvalue weighted by Gasteiger charge is 2.24. The number of aryl methyl sites for hydroxylation is 1. The molecular weight excluding hydrogens is 322 g/mol. The fourth-order valence-corrected chi connectivity index (χ4v) is 3.75. The maximum Gasteiger partial charge on any atom is 0.257 e. The SMILES string of the molecule is Cc1csc(N2CCCN(C(=O)c3cccnc3N(C)C)CC2)n1. The Hall–Kier alpha value is -2.15. The molecule has 6 nitrogen and oxygen atoms in total. The molecule has 128 valence electrons. The minimum atomic E-state index is 0.0592. The van der Waals surface area contributed by atoms with E-state index in [1.165, 1.54) is 0 Å². The highest BCUT2D eigenvalue weighted by molar-refractivity contribution is 7.13. The summed E-state index contributed by atoms with van der Waals surface area (Å²) in [7, 11) is 3.82. The molecule has 1 aliphatic rings. The number of hydrogen-bond donors (Lipinski definition) is 0. The van der Waals surface area contributed by atoms with E-state index in [2.05, 4.69) is 20.2 Å². The molecule has 0 unspecified atom stereocenters. The molecule has 1 saturated heterocycles. The van der Waals surface area contributed by atoms with E-state index < -0.39 is 0 Å². The first-order chi connectivity index (χ1) is 11.6. The Morgan fingerprint density at radius 3 is 2.79 bits per heavy atom. The number of hydrogen-bond acceptors (Lipinski definition) is 6. The Morgan fingerprint density at radius 2 is 2.08 bits per heavy atom. The topological polar surface area (TPSA) is 52.6 Å². The van der Waals surface area contributed by atoms with Crippen LogP contribution in [0.1, 0.15) is 22.5 Å². The van der Waals surface area contributed by atoms with Crippen LogP contribution >= 0.6 is 11.3 Å². The average molecular weight is 345 g/mol. The van der Waals surface area contributed by atoms with Crippen LogP contribution in [0.5, 0.6) is 0 Å². The molecule has 0 bridgehead atoms. The first-order valence-electron chi connectivity index (χ1n) is 8.15. The van der Waals surface area contributed by atoms with Gasteiger partial charge >= 0.3 is 0 Å². The number of carbonyl (C=O) groups excluding carboxylic acids is 1. The van der Waals surface area contributed by atoms with Gasteiger partial charge in [0, 0.05) is 51.9 Å². The molecule has 1 aliphatic heterocycles. The van der Waals surface area contributed by atoms with Gasteiger partial charge in [0.1, 0.15) is 5.82 Å². The monoisotopic (exact) mass is 345 g/mol. The lowest BCUT2D eigenvalue weighted by molar-refractivity contribution is 0.0767. The third-order valence-corrected chi connectivity index (χ3v) is 5.12. The highest BCUT2D eigenvalue weighted by atomic mass is 32.1. The molecular formula is C17H23N5OS. The number of carbonyl (C=O) groups is 1. The number of thiazole rings is 1. The Bertz CT molecular complexity index is 715. The third-order valence-electron chi connectivity index (χ3n) is 4.10. The summed E-state index contributed by atoms with van der Waals surface area (Å²) in [5.41, 5.74) is 1.72. The molecule has 0 N–H and O–H groups in total. The van der Waals surface area contributed by atoms with Crippen molar-refractivity contribution >= 4 is 28.2 Å². The van der Waals surface area contributed by atoms with E-state index in [1.807, 2.05) is 43.0 Å². The van der Waals surface area contributed by atoms with Gasteiger partial charge in [0.2, 0.25) is 0 Å². The van der Waals surface area contributed by atoms with Crippen LogP contribution in [-0.4, -0.2) is 61.0 Å². The van der Waals surface area contributed by atoms with Gasteiger partial charge in [0.25, 0.3) is 5.91 Å². The molecule has 0 radical (unpaired) electrons. The summed E-state index contributed by atoms with van der Waals surface area (Å²) in [6.45, 7) is 5.24. The van der Waals surface area contributed by atoms with E-state index in [4.69, 9.17) is 0 Å². The normalized spacial score (nSPS) is 15.3. The van der Waals surface area contributed by atoms with Gasteiger partial charge in [-0.2, -0.15) is 0 Å². The van der Waals surface area contributed by atoms with Crippen LogP contribution in [0.25, 0.3) is 0 Å². The van der Waals surface area contributed by atoms with Gasteiger partial charge in [-0.3, -0.25) is 4.79 Å². The molecule has 1 fully saturated rings. The Balaban J connectivity index is 1.73.